The van der Waals surface area contributed by atoms with E-state index in [1.54, 1.807) is 7.11 Å². The number of aromatic nitrogens is 1. The SMILES string of the molecule is COCC(N)CCNc1snc2ccccc12. The Morgan fingerprint density at radius 3 is 3.12 bits per heavy atom. The molecule has 17 heavy (non-hydrogen) atoms. The molecule has 0 saturated carbocycles. The highest BCUT2D eigenvalue weighted by Gasteiger charge is 2.05. The summed E-state index contributed by atoms with van der Waals surface area (Å²) in [5.74, 6) is 0. The molecule has 0 aliphatic heterocycles. The molecule has 0 radical (unpaired) electrons. The monoisotopic (exact) mass is 251 g/mol. The third-order valence-corrected chi connectivity index (χ3v) is 3.40. The molecule has 0 spiro atoms. The molecule has 2 aromatic rings. The Balaban J connectivity index is 1.91. The second-order valence-corrected chi connectivity index (χ2v) is 4.73. The number of nitrogens with one attached hydrogen (secondary N) is 1. The van der Waals surface area contributed by atoms with E-state index >= 15 is 0 Å². The fraction of sp³-hybridized carbons (Fsp3) is 0.417. The molecule has 0 amide bonds. The molecular weight excluding hydrogens is 234 g/mol. The maximum absolute atomic E-state index is 5.86. The molecule has 1 aromatic carbocycles. The van der Waals surface area contributed by atoms with Gasteiger partial charge in [0.25, 0.3) is 0 Å². The van der Waals surface area contributed by atoms with E-state index in [1.807, 2.05) is 18.2 Å². The van der Waals surface area contributed by atoms with E-state index in [9.17, 15) is 0 Å². The van der Waals surface area contributed by atoms with Crippen molar-refractivity contribution in [1.82, 2.24) is 4.37 Å². The number of hydrogen-bond donors (Lipinski definition) is 2. The minimum atomic E-state index is 0.0895. The van der Waals surface area contributed by atoms with E-state index in [2.05, 4.69) is 15.8 Å². The summed E-state index contributed by atoms with van der Waals surface area (Å²) in [7, 11) is 1.67. The van der Waals surface area contributed by atoms with E-state index in [-0.39, 0.29) is 6.04 Å². The van der Waals surface area contributed by atoms with Crippen molar-refractivity contribution in [2.75, 3.05) is 25.6 Å². The third kappa shape index (κ3) is 3.15. The van der Waals surface area contributed by atoms with Crippen LogP contribution in [0.4, 0.5) is 5.00 Å². The molecule has 1 heterocycles. The summed E-state index contributed by atoms with van der Waals surface area (Å²) in [6.07, 6.45) is 0.889. The third-order valence-electron chi connectivity index (χ3n) is 2.57. The van der Waals surface area contributed by atoms with E-state index in [4.69, 9.17) is 10.5 Å². The zero-order chi connectivity index (χ0) is 12.1. The molecule has 2 rings (SSSR count). The Kier molecular flexibility index (Phi) is 4.30. The van der Waals surface area contributed by atoms with Crippen molar-refractivity contribution in [3.05, 3.63) is 24.3 Å². The maximum atomic E-state index is 5.86. The smallest absolute Gasteiger partial charge is 0.117 e. The lowest BCUT2D eigenvalue weighted by Crippen LogP contribution is -2.28. The maximum Gasteiger partial charge on any atom is 0.117 e. The molecule has 1 unspecified atom stereocenters. The Morgan fingerprint density at radius 2 is 2.29 bits per heavy atom. The van der Waals surface area contributed by atoms with Gasteiger partial charge >= 0.3 is 0 Å². The molecule has 1 aromatic heterocycles. The zero-order valence-corrected chi connectivity index (χ0v) is 10.7. The van der Waals surface area contributed by atoms with Gasteiger partial charge in [0.2, 0.25) is 0 Å². The first-order chi connectivity index (χ1) is 8.31. The van der Waals surface area contributed by atoms with Gasteiger partial charge in [0.15, 0.2) is 0 Å². The number of benzene rings is 1. The number of anilines is 1. The van der Waals surface area contributed by atoms with Gasteiger partial charge in [-0.1, -0.05) is 12.1 Å². The zero-order valence-electron chi connectivity index (χ0n) is 9.85. The van der Waals surface area contributed by atoms with E-state index in [0.717, 1.165) is 23.5 Å². The first kappa shape index (κ1) is 12.3. The number of nitrogens with zero attached hydrogens (tertiary/aromatic N) is 1. The number of hydrogen-bond acceptors (Lipinski definition) is 5. The molecule has 1 atom stereocenters. The van der Waals surface area contributed by atoms with Crippen LogP contribution in [-0.4, -0.2) is 30.7 Å². The van der Waals surface area contributed by atoms with Gasteiger partial charge in [-0.15, -0.1) is 0 Å². The van der Waals surface area contributed by atoms with Crippen LogP contribution >= 0.6 is 11.5 Å². The van der Waals surface area contributed by atoms with Gasteiger partial charge in [0.1, 0.15) is 5.00 Å². The number of rotatable bonds is 6. The van der Waals surface area contributed by atoms with Gasteiger partial charge in [-0.3, -0.25) is 0 Å². The van der Waals surface area contributed by atoms with Crippen molar-refractivity contribution >= 4 is 27.4 Å². The summed E-state index contributed by atoms with van der Waals surface area (Å²) in [6.45, 7) is 1.45. The molecule has 3 N–H and O–H groups in total. The number of fused-ring (bicyclic) bond motifs is 1. The summed E-state index contributed by atoms with van der Waals surface area (Å²) in [4.78, 5) is 0. The largest absolute Gasteiger partial charge is 0.383 e. The van der Waals surface area contributed by atoms with Gasteiger partial charge in [0.05, 0.1) is 12.1 Å². The fourth-order valence-corrected chi connectivity index (χ4v) is 2.47. The lowest BCUT2D eigenvalue weighted by molar-refractivity contribution is 0.178. The van der Waals surface area contributed by atoms with Crippen molar-refractivity contribution < 1.29 is 4.74 Å². The molecule has 4 nitrogen and oxygen atoms in total. The predicted molar refractivity (Wildman–Crippen MR) is 72.6 cm³/mol. The average molecular weight is 251 g/mol. The van der Waals surface area contributed by atoms with Crippen LogP contribution in [0.15, 0.2) is 24.3 Å². The Hall–Kier alpha value is -1.17. The Bertz CT molecular complexity index is 471. The summed E-state index contributed by atoms with van der Waals surface area (Å²) in [6, 6.07) is 8.22. The van der Waals surface area contributed by atoms with Crippen LogP contribution in [-0.2, 0) is 4.74 Å². The molecular formula is C12H17N3OS. The van der Waals surface area contributed by atoms with Crippen molar-refractivity contribution in [3.63, 3.8) is 0 Å². The van der Waals surface area contributed by atoms with Crippen LogP contribution in [0.3, 0.4) is 0 Å². The van der Waals surface area contributed by atoms with Crippen molar-refractivity contribution in [1.29, 1.82) is 0 Å². The normalized spacial score (nSPS) is 12.8. The van der Waals surface area contributed by atoms with Gasteiger partial charge in [0, 0.05) is 25.1 Å². The summed E-state index contributed by atoms with van der Waals surface area (Å²) < 4.78 is 9.38. The van der Waals surface area contributed by atoms with Crippen LogP contribution in [0.1, 0.15) is 6.42 Å². The van der Waals surface area contributed by atoms with Crippen molar-refractivity contribution in [2.24, 2.45) is 5.73 Å². The van der Waals surface area contributed by atoms with Crippen molar-refractivity contribution in [3.8, 4) is 0 Å². The summed E-state index contributed by atoms with van der Waals surface area (Å²) >= 11 is 1.49. The molecule has 0 fully saturated rings. The first-order valence-electron chi connectivity index (χ1n) is 5.64. The molecule has 0 saturated heterocycles. The second-order valence-electron chi connectivity index (χ2n) is 3.96. The number of ether oxygens (including phenoxy) is 1. The van der Waals surface area contributed by atoms with Crippen LogP contribution in [0, 0.1) is 0 Å². The highest BCUT2D eigenvalue weighted by Crippen LogP contribution is 2.26. The van der Waals surface area contributed by atoms with Gasteiger partial charge in [-0.2, -0.15) is 4.37 Å². The van der Waals surface area contributed by atoms with E-state index in [0.29, 0.717) is 6.61 Å². The summed E-state index contributed by atoms with van der Waals surface area (Å²) in [5, 5.41) is 5.67. The van der Waals surface area contributed by atoms with Gasteiger partial charge in [-0.25, -0.2) is 0 Å². The predicted octanol–water partition coefficient (Wildman–Crippen LogP) is 2.07. The van der Waals surface area contributed by atoms with E-state index in [1.165, 1.54) is 16.9 Å². The fourth-order valence-electron chi connectivity index (χ4n) is 1.69. The molecule has 0 aliphatic rings. The lowest BCUT2D eigenvalue weighted by atomic mass is 10.2. The minimum absolute atomic E-state index is 0.0895. The van der Waals surface area contributed by atoms with Crippen molar-refractivity contribution in [2.45, 2.75) is 12.5 Å². The lowest BCUT2D eigenvalue weighted by Gasteiger charge is -2.10. The molecule has 0 bridgehead atoms. The standard InChI is InChI=1S/C12H17N3OS/c1-16-8-9(13)6-7-14-12-10-4-2-3-5-11(10)15-17-12/h2-5,9,14H,6-8,13H2,1H3. The van der Waals surface area contributed by atoms with Crippen LogP contribution in [0.25, 0.3) is 10.9 Å². The second kappa shape index (κ2) is 5.95. The van der Waals surface area contributed by atoms with Gasteiger partial charge < -0.3 is 15.8 Å². The quantitative estimate of drug-likeness (QED) is 0.825. The highest BCUT2D eigenvalue weighted by molar-refractivity contribution is 7.11. The Labute approximate surface area is 105 Å². The van der Waals surface area contributed by atoms with E-state index < -0.39 is 0 Å². The average Bonchev–Trinajstić information content (AvgIpc) is 2.73. The topological polar surface area (TPSA) is 60.2 Å². The van der Waals surface area contributed by atoms with Crippen LogP contribution in [0.2, 0.25) is 0 Å². The molecule has 92 valence electrons. The highest BCUT2D eigenvalue weighted by atomic mass is 32.1. The minimum Gasteiger partial charge on any atom is -0.383 e. The number of methoxy groups -OCH3 is 1. The van der Waals surface area contributed by atoms with Gasteiger partial charge in [-0.05, 0) is 30.1 Å². The number of nitrogens with two attached hydrogens (primary N) is 1. The Morgan fingerprint density at radius 1 is 1.47 bits per heavy atom. The van der Waals surface area contributed by atoms with Crippen LogP contribution in [0.5, 0.6) is 0 Å². The van der Waals surface area contributed by atoms with Crippen LogP contribution < -0.4 is 11.1 Å². The summed E-state index contributed by atoms with van der Waals surface area (Å²) in [5.41, 5.74) is 6.90. The molecule has 0 aliphatic carbocycles. The first-order valence-corrected chi connectivity index (χ1v) is 6.41. The molecule has 5 heteroatoms.